The van der Waals surface area contributed by atoms with E-state index in [4.69, 9.17) is 4.74 Å². The van der Waals surface area contributed by atoms with Gasteiger partial charge in [-0.3, -0.25) is 19.5 Å². The van der Waals surface area contributed by atoms with Crippen molar-refractivity contribution in [1.29, 1.82) is 0 Å². The van der Waals surface area contributed by atoms with E-state index < -0.39 is 0 Å². The molecule has 156 valence electrons. The summed E-state index contributed by atoms with van der Waals surface area (Å²) in [7, 11) is 1.57. The number of aromatic amines is 1. The van der Waals surface area contributed by atoms with Gasteiger partial charge >= 0.3 is 0 Å². The molecule has 4 heterocycles. The molecule has 0 bridgehead atoms. The summed E-state index contributed by atoms with van der Waals surface area (Å²) in [5.74, 6) is 0.428. The zero-order chi connectivity index (χ0) is 21.3. The second-order valence-electron chi connectivity index (χ2n) is 7.54. The van der Waals surface area contributed by atoms with Crippen molar-refractivity contribution in [3.8, 4) is 5.75 Å². The summed E-state index contributed by atoms with van der Waals surface area (Å²) in [5.41, 5.74) is 3.67. The molecule has 2 atom stereocenters. The third-order valence-electron chi connectivity index (χ3n) is 5.60. The number of nitrogens with one attached hydrogen (secondary N) is 2. The lowest BCUT2D eigenvalue weighted by atomic mass is 10.00. The number of hydrogen-bond donors (Lipinski definition) is 2. The van der Waals surface area contributed by atoms with Gasteiger partial charge in [0.1, 0.15) is 17.5 Å². The zero-order valence-electron chi connectivity index (χ0n) is 17.3. The minimum atomic E-state index is -0.221. The predicted molar refractivity (Wildman–Crippen MR) is 114 cm³/mol. The standard InChI is InChI=1S/C22H25N5O3/c1-4-15-8-18-19(26-21(15)28)7-14(9-24-18)11-27-12-20(13(27)2)30-16-5-6-17(25-10-16)22(29)23-3/h5-10,13,20H,4,11-12H2,1-3H3,(H,23,29)(H,26,28). The van der Waals surface area contributed by atoms with Crippen LogP contribution in [0, 0.1) is 0 Å². The summed E-state index contributed by atoms with van der Waals surface area (Å²) >= 11 is 0. The Hall–Kier alpha value is -3.26. The molecule has 30 heavy (non-hydrogen) atoms. The van der Waals surface area contributed by atoms with Crippen molar-refractivity contribution in [1.82, 2.24) is 25.2 Å². The van der Waals surface area contributed by atoms with E-state index in [0.29, 0.717) is 17.9 Å². The first-order chi connectivity index (χ1) is 14.5. The minimum absolute atomic E-state index is 0.0502. The minimum Gasteiger partial charge on any atom is -0.486 e. The van der Waals surface area contributed by atoms with Crippen LogP contribution < -0.4 is 15.6 Å². The van der Waals surface area contributed by atoms with Crippen molar-refractivity contribution >= 4 is 16.9 Å². The number of aryl methyl sites for hydroxylation is 1. The lowest BCUT2D eigenvalue weighted by Crippen LogP contribution is -2.60. The molecular weight excluding hydrogens is 382 g/mol. The molecule has 0 saturated carbocycles. The number of likely N-dealkylation sites (tertiary alicyclic amines) is 1. The number of carbonyl (C=O) groups is 1. The molecule has 2 unspecified atom stereocenters. The number of rotatable bonds is 6. The molecule has 0 aliphatic carbocycles. The van der Waals surface area contributed by atoms with Crippen LogP contribution in [0.15, 0.2) is 41.5 Å². The summed E-state index contributed by atoms with van der Waals surface area (Å²) < 4.78 is 6.01. The van der Waals surface area contributed by atoms with E-state index in [1.54, 1.807) is 25.4 Å². The van der Waals surface area contributed by atoms with Crippen LogP contribution >= 0.6 is 0 Å². The number of amides is 1. The number of fused-ring (bicyclic) bond motifs is 1. The van der Waals surface area contributed by atoms with Crippen LogP contribution in [0.4, 0.5) is 0 Å². The van der Waals surface area contributed by atoms with Gasteiger partial charge < -0.3 is 15.0 Å². The first-order valence-electron chi connectivity index (χ1n) is 10.1. The van der Waals surface area contributed by atoms with Gasteiger partial charge in [0.05, 0.1) is 17.2 Å². The Labute approximate surface area is 174 Å². The molecule has 1 saturated heterocycles. The van der Waals surface area contributed by atoms with Crippen molar-refractivity contribution < 1.29 is 9.53 Å². The molecule has 1 fully saturated rings. The normalized spacial score (nSPS) is 18.8. The van der Waals surface area contributed by atoms with Crippen molar-refractivity contribution in [2.75, 3.05) is 13.6 Å². The highest BCUT2D eigenvalue weighted by molar-refractivity contribution is 5.92. The molecule has 4 rings (SSSR count). The third kappa shape index (κ3) is 3.91. The number of nitrogens with zero attached hydrogens (tertiary/aromatic N) is 3. The SMILES string of the molecule is CCc1cc2ncc(CN3CC(Oc4ccc(C(=O)NC)nc4)C3C)cc2[nH]c1=O. The van der Waals surface area contributed by atoms with Gasteiger partial charge in [0.25, 0.3) is 11.5 Å². The lowest BCUT2D eigenvalue weighted by molar-refractivity contribution is -0.0415. The monoisotopic (exact) mass is 407 g/mol. The lowest BCUT2D eigenvalue weighted by Gasteiger charge is -2.45. The maximum absolute atomic E-state index is 12.1. The van der Waals surface area contributed by atoms with Gasteiger partial charge in [0.2, 0.25) is 0 Å². The van der Waals surface area contributed by atoms with Gasteiger partial charge in [-0.1, -0.05) is 6.92 Å². The molecule has 8 nitrogen and oxygen atoms in total. The first-order valence-corrected chi connectivity index (χ1v) is 10.1. The van der Waals surface area contributed by atoms with Gasteiger partial charge in [-0.15, -0.1) is 0 Å². The molecule has 2 N–H and O–H groups in total. The van der Waals surface area contributed by atoms with Gasteiger partial charge in [-0.2, -0.15) is 0 Å². The van der Waals surface area contributed by atoms with E-state index in [1.165, 1.54) is 0 Å². The van der Waals surface area contributed by atoms with E-state index in [1.807, 2.05) is 25.3 Å². The fraction of sp³-hybridized carbons (Fsp3) is 0.364. The summed E-state index contributed by atoms with van der Waals surface area (Å²) in [6.45, 7) is 5.59. The average Bonchev–Trinajstić information content (AvgIpc) is 2.77. The van der Waals surface area contributed by atoms with Crippen LogP contribution in [0.5, 0.6) is 5.75 Å². The molecular formula is C22H25N5O3. The smallest absolute Gasteiger partial charge is 0.269 e. The van der Waals surface area contributed by atoms with Gasteiger partial charge in [0, 0.05) is 37.9 Å². The highest BCUT2D eigenvalue weighted by Gasteiger charge is 2.37. The second kappa shape index (κ2) is 8.23. The van der Waals surface area contributed by atoms with Crippen LogP contribution in [0.25, 0.3) is 11.0 Å². The van der Waals surface area contributed by atoms with E-state index in [9.17, 15) is 9.59 Å². The number of aromatic nitrogens is 3. The van der Waals surface area contributed by atoms with E-state index in [0.717, 1.165) is 35.2 Å². The van der Waals surface area contributed by atoms with Crippen molar-refractivity contribution in [2.45, 2.75) is 39.0 Å². The summed E-state index contributed by atoms with van der Waals surface area (Å²) in [5, 5.41) is 2.55. The van der Waals surface area contributed by atoms with Crippen molar-refractivity contribution in [3.05, 3.63) is 63.8 Å². The van der Waals surface area contributed by atoms with Gasteiger partial charge in [0.15, 0.2) is 0 Å². The van der Waals surface area contributed by atoms with E-state index in [2.05, 4.69) is 32.1 Å². The molecule has 0 aromatic carbocycles. The Morgan fingerprint density at radius 3 is 2.80 bits per heavy atom. The average molecular weight is 407 g/mol. The first kappa shape index (κ1) is 20.0. The zero-order valence-corrected chi connectivity index (χ0v) is 17.3. The van der Waals surface area contributed by atoms with E-state index in [-0.39, 0.29) is 23.6 Å². The fourth-order valence-electron chi connectivity index (χ4n) is 3.63. The Morgan fingerprint density at radius 1 is 1.30 bits per heavy atom. The third-order valence-corrected chi connectivity index (χ3v) is 5.60. The Balaban J connectivity index is 1.38. The highest BCUT2D eigenvalue weighted by Crippen LogP contribution is 2.26. The summed E-state index contributed by atoms with van der Waals surface area (Å²) in [6.07, 6.45) is 4.18. The Morgan fingerprint density at radius 2 is 2.13 bits per heavy atom. The number of H-pyrrole nitrogens is 1. The number of pyridine rings is 3. The Bertz CT molecular complexity index is 1130. The van der Waals surface area contributed by atoms with Crippen LogP contribution in [0.1, 0.15) is 35.5 Å². The molecule has 0 radical (unpaired) electrons. The van der Waals surface area contributed by atoms with Gasteiger partial charge in [-0.25, -0.2) is 4.98 Å². The molecule has 1 aliphatic rings. The molecule has 3 aromatic rings. The summed E-state index contributed by atoms with van der Waals surface area (Å²) in [4.78, 5) is 37.5. The molecule has 1 amide bonds. The summed E-state index contributed by atoms with van der Waals surface area (Å²) in [6, 6.07) is 7.49. The van der Waals surface area contributed by atoms with Gasteiger partial charge in [-0.05, 0) is 43.2 Å². The molecule has 3 aromatic heterocycles. The quantitative estimate of drug-likeness (QED) is 0.647. The second-order valence-corrected chi connectivity index (χ2v) is 7.54. The molecule has 1 aliphatic heterocycles. The van der Waals surface area contributed by atoms with Crippen molar-refractivity contribution in [2.24, 2.45) is 0 Å². The predicted octanol–water partition coefficient (Wildman–Crippen LogP) is 1.89. The van der Waals surface area contributed by atoms with Crippen LogP contribution in [0.2, 0.25) is 0 Å². The van der Waals surface area contributed by atoms with Crippen LogP contribution in [0.3, 0.4) is 0 Å². The van der Waals surface area contributed by atoms with Crippen LogP contribution in [-0.4, -0.2) is 51.5 Å². The maximum Gasteiger partial charge on any atom is 0.269 e. The topological polar surface area (TPSA) is 100 Å². The number of ether oxygens (including phenoxy) is 1. The number of hydrogen-bond acceptors (Lipinski definition) is 6. The molecule has 0 spiro atoms. The van der Waals surface area contributed by atoms with Crippen molar-refractivity contribution in [3.63, 3.8) is 0 Å². The van der Waals surface area contributed by atoms with Crippen LogP contribution in [-0.2, 0) is 13.0 Å². The maximum atomic E-state index is 12.1. The number of carbonyl (C=O) groups excluding carboxylic acids is 1. The molecule has 8 heteroatoms. The Kier molecular flexibility index (Phi) is 5.50. The largest absolute Gasteiger partial charge is 0.486 e. The highest BCUT2D eigenvalue weighted by atomic mass is 16.5. The fourth-order valence-corrected chi connectivity index (χ4v) is 3.63. The van der Waals surface area contributed by atoms with E-state index >= 15 is 0 Å².